The van der Waals surface area contributed by atoms with Gasteiger partial charge in [-0.3, -0.25) is 9.69 Å². The molecule has 0 radical (unpaired) electrons. The van der Waals surface area contributed by atoms with Crippen molar-refractivity contribution in [3.05, 3.63) is 89.0 Å². The average Bonchev–Trinajstić information content (AvgIpc) is 3.14. The molecule has 3 aromatic carbocycles. The molecule has 1 aromatic heterocycles. The second-order valence-corrected chi connectivity index (χ2v) is 8.83. The third kappa shape index (κ3) is 4.07. The zero-order valence-corrected chi connectivity index (χ0v) is 18.3. The molecule has 0 atom stereocenters. The number of fused-ring (bicyclic) bond motifs is 1. The minimum atomic E-state index is -0.0219. The molecule has 0 fully saturated rings. The monoisotopic (exact) mass is 418 g/mol. The lowest BCUT2D eigenvalue weighted by molar-refractivity contribution is 0.0982. The second kappa shape index (κ2) is 8.39. The van der Waals surface area contributed by atoms with E-state index in [1.54, 1.807) is 28.0 Å². The van der Waals surface area contributed by atoms with Crippen molar-refractivity contribution in [1.29, 1.82) is 0 Å². The maximum atomic E-state index is 13.6. The molecule has 0 saturated heterocycles. The number of carbonyl (C=O) groups is 1. The third-order valence-electron chi connectivity index (χ3n) is 4.99. The van der Waals surface area contributed by atoms with Gasteiger partial charge in [-0.2, -0.15) is 0 Å². The molecule has 29 heavy (non-hydrogen) atoms. The van der Waals surface area contributed by atoms with Crippen LogP contribution >= 0.6 is 23.1 Å². The van der Waals surface area contributed by atoms with Crippen LogP contribution in [-0.4, -0.2) is 17.1 Å². The molecule has 3 nitrogen and oxygen atoms in total. The molecule has 5 heteroatoms. The lowest BCUT2D eigenvalue weighted by atomic mass is 10.1. The first-order chi connectivity index (χ1) is 14.1. The van der Waals surface area contributed by atoms with Gasteiger partial charge < -0.3 is 0 Å². The molecule has 0 aliphatic rings. The van der Waals surface area contributed by atoms with Crippen molar-refractivity contribution in [3.63, 3.8) is 0 Å². The van der Waals surface area contributed by atoms with Crippen molar-refractivity contribution in [2.75, 3.05) is 11.2 Å². The highest BCUT2D eigenvalue weighted by Gasteiger charge is 2.23. The van der Waals surface area contributed by atoms with Crippen LogP contribution < -0.4 is 4.90 Å². The summed E-state index contributed by atoms with van der Waals surface area (Å²) in [6.07, 6.45) is 2.00. The predicted molar refractivity (Wildman–Crippen MR) is 124 cm³/mol. The molecule has 1 heterocycles. The fraction of sp³-hybridized carbons (Fsp3) is 0.167. The van der Waals surface area contributed by atoms with Crippen LogP contribution in [0.2, 0.25) is 0 Å². The maximum Gasteiger partial charge on any atom is 0.261 e. The number of hydrogen-bond donors (Lipinski definition) is 0. The van der Waals surface area contributed by atoms with Gasteiger partial charge in [0.05, 0.1) is 22.3 Å². The Hall–Kier alpha value is -2.63. The van der Waals surface area contributed by atoms with E-state index in [2.05, 4.69) is 26.0 Å². The largest absolute Gasteiger partial charge is 0.279 e. The Labute approximate surface area is 179 Å². The van der Waals surface area contributed by atoms with E-state index in [4.69, 9.17) is 4.98 Å². The number of amides is 1. The minimum Gasteiger partial charge on any atom is -0.279 e. The normalized spacial score (nSPS) is 11.0. The Balaban J connectivity index is 1.81. The molecule has 0 bridgehead atoms. The van der Waals surface area contributed by atoms with E-state index in [1.807, 2.05) is 60.9 Å². The van der Waals surface area contributed by atoms with E-state index in [9.17, 15) is 4.79 Å². The summed E-state index contributed by atoms with van der Waals surface area (Å²) in [5.41, 5.74) is 5.18. The van der Waals surface area contributed by atoms with Crippen LogP contribution in [-0.2, 0) is 6.54 Å². The standard InChI is InChI=1S/C24H22N2OS2/c1-16-13-20-22(14-17(16)2)29-24(25-20)26(15-18-9-5-4-6-10-18)23(27)19-11-7-8-12-21(19)28-3/h4-14H,15H2,1-3H3. The predicted octanol–water partition coefficient (Wildman–Crippen LogP) is 6.48. The van der Waals surface area contributed by atoms with Gasteiger partial charge in [0.1, 0.15) is 0 Å². The number of rotatable bonds is 5. The van der Waals surface area contributed by atoms with E-state index in [1.165, 1.54) is 11.1 Å². The van der Waals surface area contributed by atoms with Crippen molar-refractivity contribution in [3.8, 4) is 0 Å². The van der Waals surface area contributed by atoms with Crippen LogP contribution in [0.3, 0.4) is 0 Å². The molecular formula is C24H22N2OS2. The summed E-state index contributed by atoms with van der Waals surface area (Å²) in [6, 6.07) is 22.1. The SMILES string of the molecule is CSc1ccccc1C(=O)N(Cc1ccccc1)c1nc2cc(C)c(C)cc2s1. The Morgan fingerprint density at radius 2 is 1.69 bits per heavy atom. The van der Waals surface area contributed by atoms with Gasteiger partial charge >= 0.3 is 0 Å². The van der Waals surface area contributed by atoms with Crippen molar-refractivity contribution in [2.24, 2.45) is 0 Å². The molecule has 0 unspecified atom stereocenters. The van der Waals surface area contributed by atoms with Crippen molar-refractivity contribution in [2.45, 2.75) is 25.3 Å². The molecule has 1 amide bonds. The average molecular weight is 419 g/mol. The highest BCUT2D eigenvalue weighted by molar-refractivity contribution is 7.98. The van der Waals surface area contributed by atoms with E-state index >= 15 is 0 Å². The van der Waals surface area contributed by atoms with Crippen molar-refractivity contribution < 1.29 is 4.79 Å². The number of thiazole rings is 1. The van der Waals surface area contributed by atoms with Gasteiger partial charge in [0, 0.05) is 4.90 Å². The summed E-state index contributed by atoms with van der Waals surface area (Å²) in [5.74, 6) is -0.0219. The van der Waals surface area contributed by atoms with Gasteiger partial charge in [0.2, 0.25) is 0 Å². The first-order valence-electron chi connectivity index (χ1n) is 9.43. The summed E-state index contributed by atoms with van der Waals surface area (Å²) in [5, 5.41) is 0.731. The Morgan fingerprint density at radius 3 is 2.45 bits per heavy atom. The first kappa shape index (κ1) is 19.7. The van der Waals surface area contributed by atoms with Crippen molar-refractivity contribution >= 4 is 44.4 Å². The summed E-state index contributed by atoms with van der Waals surface area (Å²) >= 11 is 3.16. The van der Waals surface area contributed by atoms with Crippen LogP contribution in [0.25, 0.3) is 10.2 Å². The molecule has 146 valence electrons. The van der Waals surface area contributed by atoms with Gasteiger partial charge in [0.25, 0.3) is 5.91 Å². The number of aromatic nitrogens is 1. The van der Waals surface area contributed by atoms with Crippen molar-refractivity contribution in [1.82, 2.24) is 4.98 Å². The molecule has 0 aliphatic carbocycles. The maximum absolute atomic E-state index is 13.6. The quantitative estimate of drug-likeness (QED) is 0.348. The van der Waals surface area contributed by atoms with Crippen LogP contribution in [0.5, 0.6) is 0 Å². The molecule has 0 aliphatic heterocycles. The first-order valence-corrected chi connectivity index (χ1v) is 11.5. The lowest BCUT2D eigenvalue weighted by Gasteiger charge is -2.21. The lowest BCUT2D eigenvalue weighted by Crippen LogP contribution is -2.30. The number of anilines is 1. The number of aryl methyl sites for hydroxylation is 2. The summed E-state index contributed by atoms with van der Waals surface area (Å²) in [7, 11) is 0. The zero-order chi connectivity index (χ0) is 20.4. The van der Waals surface area contributed by atoms with Crippen LogP contribution in [0.1, 0.15) is 27.0 Å². The van der Waals surface area contributed by atoms with E-state index < -0.39 is 0 Å². The molecule has 0 saturated carbocycles. The van der Waals surface area contributed by atoms with Crippen LogP contribution in [0.4, 0.5) is 5.13 Å². The van der Waals surface area contributed by atoms with Gasteiger partial charge in [0.15, 0.2) is 5.13 Å². The van der Waals surface area contributed by atoms with E-state index in [0.29, 0.717) is 12.1 Å². The van der Waals surface area contributed by atoms with E-state index in [-0.39, 0.29) is 5.91 Å². The second-order valence-electron chi connectivity index (χ2n) is 6.98. The van der Waals surface area contributed by atoms with Gasteiger partial charge in [-0.15, -0.1) is 11.8 Å². The number of benzene rings is 3. The molecule has 0 N–H and O–H groups in total. The van der Waals surface area contributed by atoms with E-state index in [0.717, 1.165) is 25.8 Å². The molecule has 0 spiro atoms. The highest BCUT2D eigenvalue weighted by atomic mass is 32.2. The topological polar surface area (TPSA) is 33.2 Å². The highest BCUT2D eigenvalue weighted by Crippen LogP contribution is 2.33. The Morgan fingerprint density at radius 1 is 1.00 bits per heavy atom. The summed E-state index contributed by atoms with van der Waals surface area (Å²) in [6.45, 7) is 4.69. The minimum absolute atomic E-state index is 0.0219. The fourth-order valence-corrected chi connectivity index (χ4v) is 4.88. The van der Waals surface area contributed by atoms with Gasteiger partial charge in [-0.25, -0.2) is 4.98 Å². The summed E-state index contributed by atoms with van der Waals surface area (Å²) < 4.78 is 1.10. The smallest absolute Gasteiger partial charge is 0.261 e. The molecular weight excluding hydrogens is 396 g/mol. The van der Waals surface area contributed by atoms with Gasteiger partial charge in [-0.1, -0.05) is 53.8 Å². The molecule has 4 aromatic rings. The number of nitrogens with zero attached hydrogens (tertiary/aromatic N) is 2. The molecule has 4 rings (SSSR count). The number of carbonyl (C=O) groups excluding carboxylic acids is 1. The fourth-order valence-electron chi connectivity index (χ4n) is 3.24. The summed E-state index contributed by atoms with van der Waals surface area (Å²) in [4.78, 5) is 21.2. The Bertz CT molecular complexity index is 1130. The van der Waals surface area contributed by atoms with Crippen LogP contribution in [0.15, 0.2) is 71.6 Å². The van der Waals surface area contributed by atoms with Crippen LogP contribution in [0, 0.1) is 13.8 Å². The number of hydrogen-bond acceptors (Lipinski definition) is 4. The Kier molecular flexibility index (Phi) is 5.69. The zero-order valence-electron chi connectivity index (χ0n) is 16.7. The third-order valence-corrected chi connectivity index (χ3v) is 6.83. The van der Waals surface area contributed by atoms with Gasteiger partial charge in [-0.05, 0) is 61.1 Å². The number of thioether (sulfide) groups is 1.